The molecule has 3 aromatic rings. The van der Waals surface area contributed by atoms with Crippen molar-refractivity contribution in [2.45, 2.75) is 24.2 Å². The van der Waals surface area contributed by atoms with Crippen molar-refractivity contribution in [1.82, 2.24) is 13.1 Å². The van der Waals surface area contributed by atoms with Gasteiger partial charge in [-0.2, -0.15) is 13.1 Å². The molecule has 2 heterocycles. The fourth-order valence-corrected chi connectivity index (χ4v) is 6.22. The summed E-state index contributed by atoms with van der Waals surface area (Å²) in [6.45, 7) is 1.10. The Morgan fingerprint density at radius 3 is 2.46 bits per heavy atom. The molecular weight excluding hydrogens is 434 g/mol. The Kier molecular flexibility index (Phi) is 5.09. The van der Waals surface area contributed by atoms with Crippen molar-refractivity contribution in [3.63, 3.8) is 0 Å². The molecule has 0 atom stereocenters. The molecule has 0 saturated carbocycles. The predicted octanol–water partition coefficient (Wildman–Crippen LogP) is 4.10. The molecule has 0 bridgehead atoms. The molecule has 1 fully saturated rings. The molecule has 8 heteroatoms. The average molecular weight is 452 g/mol. The van der Waals surface area contributed by atoms with Crippen molar-refractivity contribution in [2.24, 2.45) is 5.92 Å². The maximum Gasteiger partial charge on any atom is 0.245 e. The second-order valence-corrected chi connectivity index (χ2v) is 9.83. The lowest BCUT2D eigenvalue weighted by Gasteiger charge is -2.31. The lowest BCUT2D eigenvalue weighted by Crippen LogP contribution is -2.39. The maximum atomic E-state index is 13.1. The first-order valence-electron chi connectivity index (χ1n) is 8.50. The zero-order valence-corrected chi connectivity index (χ0v) is 17.2. The van der Waals surface area contributed by atoms with Crippen molar-refractivity contribution in [3.05, 3.63) is 52.5 Å². The van der Waals surface area contributed by atoms with Gasteiger partial charge in [0, 0.05) is 17.6 Å². The first kappa shape index (κ1) is 18.0. The topological polar surface area (TPSA) is 63.2 Å². The zero-order valence-electron chi connectivity index (χ0n) is 14.0. The van der Waals surface area contributed by atoms with Crippen LogP contribution in [0.25, 0.3) is 11.0 Å². The molecule has 1 saturated heterocycles. The van der Waals surface area contributed by atoms with E-state index in [1.807, 2.05) is 6.07 Å². The zero-order chi connectivity index (χ0) is 18.1. The Morgan fingerprint density at radius 2 is 1.73 bits per heavy atom. The van der Waals surface area contributed by atoms with Crippen molar-refractivity contribution in [3.8, 4) is 0 Å². The summed E-state index contributed by atoms with van der Waals surface area (Å²) in [4.78, 5) is 0.256. The standard InChI is InChI=1S/C18H18BrN3O2S2/c19-15-6-7-16(18-17(15)20-25-21-18)26(23,24)22-10-8-14(9-11-22)12-13-4-2-1-3-5-13/h1-7,14H,8-12H2. The van der Waals surface area contributed by atoms with Gasteiger partial charge in [0.1, 0.15) is 15.9 Å². The van der Waals surface area contributed by atoms with Gasteiger partial charge in [-0.1, -0.05) is 30.3 Å². The number of halogens is 1. The minimum atomic E-state index is -3.55. The first-order chi connectivity index (χ1) is 12.6. The van der Waals surface area contributed by atoms with Gasteiger partial charge in [0.15, 0.2) is 0 Å². The third kappa shape index (κ3) is 3.43. The molecule has 1 aliphatic rings. The molecule has 0 N–H and O–H groups in total. The maximum absolute atomic E-state index is 13.1. The Bertz CT molecular complexity index is 1010. The Labute approximate surface area is 165 Å². The summed E-state index contributed by atoms with van der Waals surface area (Å²) in [5, 5.41) is 0. The number of sulfonamides is 1. The van der Waals surface area contributed by atoms with E-state index in [2.05, 4.69) is 48.9 Å². The van der Waals surface area contributed by atoms with Crippen LogP contribution in [0.2, 0.25) is 0 Å². The second-order valence-electron chi connectivity index (χ2n) is 6.54. The highest BCUT2D eigenvalue weighted by molar-refractivity contribution is 9.10. The normalized spacial score (nSPS) is 17.0. The van der Waals surface area contributed by atoms with E-state index in [9.17, 15) is 8.42 Å². The summed E-state index contributed by atoms with van der Waals surface area (Å²) < 4.78 is 37.0. The fraction of sp³-hybridized carbons (Fsp3) is 0.333. The molecule has 0 spiro atoms. The molecule has 136 valence electrons. The van der Waals surface area contributed by atoms with Gasteiger partial charge in [-0.3, -0.25) is 0 Å². The van der Waals surface area contributed by atoms with E-state index in [1.54, 1.807) is 16.4 Å². The van der Waals surface area contributed by atoms with E-state index in [4.69, 9.17) is 0 Å². The molecule has 0 amide bonds. The number of hydrogen-bond donors (Lipinski definition) is 0. The average Bonchev–Trinajstić information content (AvgIpc) is 3.14. The van der Waals surface area contributed by atoms with Gasteiger partial charge >= 0.3 is 0 Å². The summed E-state index contributed by atoms with van der Waals surface area (Å²) in [6.07, 6.45) is 2.76. The molecular formula is C18H18BrN3O2S2. The van der Waals surface area contributed by atoms with Crippen LogP contribution < -0.4 is 0 Å². The molecule has 26 heavy (non-hydrogen) atoms. The summed E-state index contributed by atoms with van der Waals surface area (Å²) in [5.41, 5.74) is 2.38. The van der Waals surface area contributed by atoms with Gasteiger partial charge in [-0.15, -0.1) is 0 Å². The number of hydrogen-bond acceptors (Lipinski definition) is 5. The minimum Gasteiger partial charge on any atom is -0.207 e. The number of rotatable bonds is 4. The highest BCUT2D eigenvalue weighted by Crippen LogP contribution is 2.32. The Hall–Kier alpha value is -1.35. The Balaban J connectivity index is 1.51. The van der Waals surface area contributed by atoms with Gasteiger partial charge < -0.3 is 0 Å². The quantitative estimate of drug-likeness (QED) is 0.598. The van der Waals surface area contributed by atoms with E-state index in [1.165, 1.54) is 5.56 Å². The number of aromatic nitrogens is 2. The highest BCUT2D eigenvalue weighted by atomic mass is 79.9. The van der Waals surface area contributed by atoms with Crippen LogP contribution in [0.5, 0.6) is 0 Å². The van der Waals surface area contributed by atoms with Gasteiger partial charge in [0.05, 0.1) is 11.7 Å². The lowest BCUT2D eigenvalue weighted by molar-refractivity contribution is 0.273. The molecule has 4 rings (SSSR count). The molecule has 0 aliphatic carbocycles. The number of benzene rings is 2. The molecule has 0 radical (unpaired) electrons. The molecule has 2 aromatic carbocycles. The SMILES string of the molecule is O=S(=O)(c1ccc(Br)c2nsnc12)N1CCC(Cc2ccccc2)CC1. The van der Waals surface area contributed by atoms with Crippen molar-refractivity contribution in [1.29, 1.82) is 0 Å². The second kappa shape index (κ2) is 7.34. The van der Waals surface area contributed by atoms with Crippen molar-refractivity contribution in [2.75, 3.05) is 13.1 Å². The molecule has 5 nitrogen and oxygen atoms in total. The predicted molar refractivity (Wildman–Crippen MR) is 107 cm³/mol. The van der Waals surface area contributed by atoms with Crippen LogP contribution in [0.4, 0.5) is 0 Å². The lowest BCUT2D eigenvalue weighted by atomic mass is 9.91. The monoisotopic (exact) mass is 451 g/mol. The van der Waals surface area contributed by atoms with Gasteiger partial charge in [0.2, 0.25) is 10.0 Å². The van der Waals surface area contributed by atoms with Crippen LogP contribution in [0, 0.1) is 5.92 Å². The van der Waals surface area contributed by atoms with Gasteiger partial charge in [-0.25, -0.2) is 8.42 Å². The number of nitrogens with zero attached hydrogens (tertiary/aromatic N) is 3. The fourth-order valence-electron chi connectivity index (χ4n) is 3.46. The van der Waals surface area contributed by atoms with E-state index in [0.29, 0.717) is 30.0 Å². The molecule has 0 unspecified atom stereocenters. The Morgan fingerprint density at radius 1 is 1.04 bits per heavy atom. The summed E-state index contributed by atoms with van der Waals surface area (Å²) in [5.74, 6) is 0.523. The molecule has 1 aliphatic heterocycles. The number of piperidine rings is 1. The van der Waals surface area contributed by atoms with Crippen LogP contribution in [0.3, 0.4) is 0 Å². The van der Waals surface area contributed by atoms with E-state index in [-0.39, 0.29) is 4.90 Å². The molecule has 1 aromatic heterocycles. The third-order valence-corrected chi connectivity index (χ3v) is 7.99. The van der Waals surface area contributed by atoms with Crippen LogP contribution in [-0.4, -0.2) is 34.6 Å². The van der Waals surface area contributed by atoms with Crippen LogP contribution in [0.15, 0.2) is 51.8 Å². The first-order valence-corrected chi connectivity index (χ1v) is 11.5. The minimum absolute atomic E-state index is 0.256. The number of fused-ring (bicyclic) bond motifs is 1. The summed E-state index contributed by atoms with van der Waals surface area (Å²) >= 11 is 4.44. The van der Waals surface area contributed by atoms with Crippen LogP contribution >= 0.6 is 27.7 Å². The van der Waals surface area contributed by atoms with Crippen LogP contribution in [0.1, 0.15) is 18.4 Å². The van der Waals surface area contributed by atoms with Gasteiger partial charge in [0.25, 0.3) is 0 Å². The smallest absolute Gasteiger partial charge is 0.207 e. The van der Waals surface area contributed by atoms with Crippen molar-refractivity contribution >= 4 is 48.7 Å². The highest BCUT2D eigenvalue weighted by Gasteiger charge is 2.31. The largest absolute Gasteiger partial charge is 0.245 e. The summed E-state index contributed by atoms with van der Waals surface area (Å²) in [6, 6.07) is 13.8. The third-order valence-electron chi connectivity index (χ3n) is 4.89. The van der Waals surface area contributed by atoms with E-state index < -0.39 is 10.0 Å². The summed E-state index contributed by atoms with van der Waals surface area (Å²) in [7, 11) is -3.55. The van der Waals surface area contributed by atoms with Gasteiger partial charge in [-0.05, 0) is 58.8 Å². The van der Waals surface area contributed by atoms with E-state index >= 15 is 0 Å². The van der Waals surface area contributed by atoms with E-state index in [0.717, 1.165) is 35.5 Å². The van der Waals surface area contributed by atoms with Crippen LogP contribution in [-0.2, 0) is 16.4 Å². The van der Waals surface area contributed by atoms with Crippen molar-refractivity contribution < 1.29 is 8.42 Å².